The predicted molar refractivity (Wildman–Crippen MR) is 161 cm³/mol. The molecule has 3 nitrogen and oxygen atoms in total. The molecule has 1 aliphatic carbocycles. The highest BCUT2D eigenvalue weighted by Gasteiger charge is 2.37. The lowest BCUT2D eigenvalue weighted by Crippen LogP contribution is -2.44. The molecule has 0 saturated carbocycles. The van der Waals surface area contributed by atoms with Crippen LogP contribution in [0.4, 0.5) is 11.4 Å². The van der Waals surface area contributed by atoms with Crippen molar-refractivity contribution >= 4 is 22.7 Å². The Kier molecular flexibility index (Phi) is 5.84. The fourth-order valence-corrected chi connectivity index (χ4v) is 5.67. The maximum atomic E-state index is 9.35. The Balaban J connectivity index is 1.55. The molecule has 0 saturated heterocycles. The molecule has 0 fully saturated rings. The van der Waals surface area contributed by atoms with Crippen LogP contribution in [0.25, 0.3) is 16.7 Å². The number of nitrogens with one attached hydrogen (secondary N) is 2. The van der Waals surface area contributed by atoms with Crippen LogP contribution in [-0.4, -0.2) is 11.9 Å². The molecule has 6 rings (SSSR count). The van der Waals surface area contributed by atoms with Crippen molar-refractivity contribution in [1.82, 2.24) is 0 Å². The van der Waals surface area contributed by atoms with Crippen molar-refractivity contribution in [3.05, 3.63) is 150 Å². The summed E-state index contributed by atoms with van der Waals surface area (Å²) in [6.45, 7) is 9.03. The largest absolute Gasteiger partial charge is 0.360 e. The second-order valence-corrected chi connectivity index (χ2v) is 10.4. The van der Waals surface area contributed by atoms with E-state index >= 15 is 0 Å². The summed E-state index contributed by atoms with van der Waals surface area (Å²) in [5.41, 5.74) is 10.4. The van der Waals surface area contributed by atoms with E-state index in [4.69, 9.17) is 0 Å². The molecule has 0 aromatic heterocycles. The molecule has 4 aromatic carbocycles. The summed E-state index contributed by atoms with van der Waals surface area (Å²) in [7, 11) is 0. The summed E-state index contributed by atoms with van der Waals surface area (Å²) in [6.07, 6.45) is 7.74. The van der Waals surface area contributed by atoms with Crippen molar-refractivity contribution < 1.29 is 0 Å². The van der Waals surface area contributed by atoms with Gasteiger partial charge in [0.25, 0.3) is 0 Å². The fourth-order valence-electron chi connectivity index (χ4n) is 5.67. The molecule has 2 N–H and O–H groups in total. The monoisotopic (exact) mass is 493 g/mol. The minimum Gasteiger partial charge on any atom is -0.360 e. The molecular weight excluding hydrogens is 462 g/mol. The molecule has 0 spiro atoms. The van der Waals surface area contributed by atoms with Gasteiger partial charge in [0.2, 0.25) is 0 Å². The van der Waals surface area contributed by atoms with Crippen LogP contribution in [0.3, 0.4) is 0 Å². The van der Waals surface area contributed by atoms with Gasteiger partial charge in [0.1, 0.15) is 6.17 Å². The molecule has 186 valence electrons. The number of anilines is 2. The number of hydrogen-bond acceptors (Lipinski definition) is 3. The van der Waals surface area contributed by atoms with Gasteiger partial charge in [0.05, 0.1) is 11.4 Å². The second kappa shape index (κ2) is 9.35. The van der Waals surface area contributed by atoms with Crippen molar-refractivity contribution in [3.63, 3.8) is 0 Å². The van der Waals surface area contributed by atoms with Crippen molar-refractivity contribution in [2.75, 3.05) is 10.2 Å². The van der Waals surface area contributed by atoms with Gasteiger partial charge in [0.15, 0.2) is 0 Å². The lowest BCUT2D eigenvalue weighted by molar-refractivity contribution is 0.660. The Morgan fingerprint density at radius 3 is 2.24 bits per heavy atom. The van der Waals surface area contributed by atoms with Gasteiger partial charge in [-0.15, -0.1) is 0 Å². The normalized spacial score (nSPS) is 17.3. The van der Waals surface area contributed by atoms with E-state index in [2.05, 4.69) is 79.3 Å². The SMILES string of the molecule is C=C1/C=C\C=C/N(C(Nc2ccccc2)C(=N)c2ccccc2)c2cc3c(cc21)-c1ccccc1C3(C)C. The average Bonchev–Trinajstić information content (AvgIpc) is 3.17. The van der Waals surface area contributed by atoms with Gasteiger partial charge < -0.3 is 15.6 Å². The summed E-state index contributed by atoms with van der Waals surface area (Å²) in [4.78, 5) is 2.19. The van der Waals surface area contributed by atoms with E-state index in [9.17, 15) is 5.41 Å². The molecule has 0 amide bonds. The number of allylic oxidation sites excluding steroid dienone is 4. The zero-order valence-corrected chi connectivity index (χ0v) is 21.8. The van der Waals surface area contributed by atoms with Crippen molar-refractivity contribution in [2.45, 2.75) is 25.4 Å². The van der Waals surface area contributed by atoms with Gasteiger partial charge in [-0.3, -0.25) is 0 Å². The summed E-state index contributed by atoms with van der Waals surface area (Å²) in [5, 5.41) is 13.0. The van der Waals surface area contributed by atoms with Gasteiger partial charge >= 0.3 is 0 Å². The number of rotatable bonds is 5. The van der Waals surface area contributed by atoms with Crippen molar-refractivity contribution in [2.24, 2.45) is 0 Å². The Bertz CT molecular complexity index is 1590. The Morgan fingerprint density at radius 2 is 1.47 bits per heavy atom. The molecule has 38 heavy (non-hydrogen) atoms. The van der Waals surface area contributed by atoms with E-state index in [1.54, 1.807) is 0 Å². The first-order valence-electron chi connectivity index (χ1n) is 13.0. The van der Waals surface area contributed by atoms with Crippen molar-refractivity contribution in [1.29, 1.82) is 5.41 Å². The van der Waals surface area contributed by atoms with Crippen LogP contribution >= 0.6 is 0 Å². The lowest BCUT2D eigenvalue weighted by atomic mass is 9.81. The number of fused-ring (bicyclic) bond motifs is 4. The average molecular weight is 494 g/mol. The smallest absolute Gasteiger partial charge is 0.147 e. The van der Waals surface area contributed by atoms with E-state index in [1.165, 1.54) is 22.3 Å². The number of para-hydroxylation sites is 1. The molecule has 1 aliphatic heterocycles. The standard InChI is InChI=1S/C35H31N3/c1-24-14-12-13-21-38(34(37-26-17-8-5-9-18-26)33(36)25-15-6-4-7-16-25)32-23-31-29(22-28(24)32)27-19-10-11-20-30(27)35(31,2)3/h4-23,34,36-37H,1H2,2-3H3/b14-12-,21-13-,36-33?. The molecule has 1 atom stereocenters. The second-order valence-electron chi connectivity index (χ2n) is 10.4. The molecule has 4 aromatic rings. The predicted octanol–water partition coefficient (Wildman–Crippen LogP) is 8.40. The molecule has 0 radical (unpaired) electrons. The maximum Gasteiger partial charge on any atom is 0.147 e. The van der Waals surface area contributed by atoms with E-state index in [1.807, 2.05) is 72.8 Å². The molecule has 2 aliphatic rings. The zero-order chi connectivity index (χ0) is 26.3. The molecule has 3 heteroatoms. The molecule has 1 unspecified atom stereocenters. The first-order chi connectivity index (χ1) is 18.4. The fraction of sp³-hybridized carbons (Fsp3) is 0.114. The Hall–Kier alpha value is -4.63. The highest BCUT2D eigenvalue weighted by Crippen LogP contribution is 2.51. The first kappa shape index (κ1) is 23.7. The topological polar surface area (TPSA) is 39.1 Å². The Labute approximate surface area is 225 Å². The first-order valence-corrected chi connectivity index (χ1v) is 13.0. The minimum atomic E-state index is -0.445. The third-order valence-corrected chi connectivity index (χ3v) is 7.69. The number of nitrogens with zero attached hydrogens (tertiary/aromatic N) is 1. The number of hydrogen-bond donors (Lipinski definition) is 2. The van der Waals surface area contributed by atoms with E-state index < -0.39 is 6.17 Å². The lowest BCUT2D eigenvalue weighted by Gasteiger charge is -2.35. The van der Waals surface area contributed by atoms with Gasteiger partial charge in [0, 0.05) is 22.9 Å². The maximum absolute atomic E-state index is 9.35. The summed E-state index contributed by atoms with van der Waals surface area (Å²) < 4.78 is 0. The van der Waals surface area contributed by atoms with Gasteiger partial charge in [-0.25, -0.2) is 0 Å². The highest BCUT2D eigenvalue weighted by atomic mass is 15.3. The van der Waals surface area contributed by atoms with Crippen LogP contribution in [-0.2, 0) is 5.41 Å². The van der Waals surface area contributed by atoms with Gasteiger partial charge in [-0.2, -0.15) is 0 Å². The van der Waals surface area contributed by atoms with Crippen LogP contribution in [0.15, 0.2) is 128 Å². The Morgan fingerprint density at radius 1 is 0.789 bits per heavy atom. The summed E-state index contributed by atoms with van der Waals surface area (Å²) >= 11 is 0. The minimum absolute atomic E-state index is 0.134. The third-order valence-electron chi connectivity index (χ3n) is 7.69. The van der Waals surface area contributed by atoms with E-state index in [-0.39, 0.29) is 5.41 Å². The summed E-state index contributed by atoms with van der Waals surface area (Å²) in [6, 6.07) is 33.4. The third kappa shape index (κ3) is 3.97. The zero-order valence-electron chi connectivity index (χ0n) is 21.8. The number of benzene rings is 4. The van der Waals surface area contributed by atoms with Gasteiger partial charge in [-0.1, -0.05) is 105 Å². The molecule has 0 bridgehead atoms. The molecule has 1 heterocycles. The van der Waals surface area contributed by atoms with Crippen LogP contribution in [0.5, 0.6) is 0 Å². The van der Waals surface area contributed by atoms with Crippen LogP contribution in [0.2, 0.25) is 0 Å². The molecular formula is C35H31N3. The van der Waals surface area contributed by atoms with Crippen LogP contribution < -0.4 is 10.2 Å². The quantitative estimate of drug-likeness (QED) is 0.274. The van der Waals surface area contributed by atoms with E-state index in [0.29, 0.717) is 5.71 Å². The highest BCUT2D eigenvalue weighted by molar-refractivity contribution is 6.06. The van der Waals surface area contributed by atoms with Crippen molar-refractivity contribution in [3.8, 4) is 11.1 Å². The van der Waals surface area contributed by atoms with E-state index in [0.717, 1.165) is 28.1 Å². The van der Waals surface area contributed by atoms with Crippen LogP contribution in [0.1, 0.15) is 36.1 Å². The van der Waals surface area contributed by atoms with Crippen LogP contribution in [0, 0.1) is 5.41 Å². The van der Waals surface area contributed by atoms with Gasteiger partial charge in [-0.05, 0) is 63.7 Å². The summed E-state index contributed by atoms with van der Waals surface area (Å²) in [5.74, 6) is 0.